The van der Waals surface area contributed by atoms with Gasteiger partial charge in [0.15, 0.2) is 0 Å². The molecule has 0 bridgehead atoms. The standard InChI is InChI=1S/C9H14BrNO2/c10-8-3-9(12)11(5-8)4-7-1-2-13-6-7/h7-8H,1-6H2. The molecule has 0 saturated carbocycles. The Labute approximate surface area is 86.5 Å². The van der Waals surface area contributed by atoms with Crippen molar-refractivity contribution in [2.45, 2.75) is 17.7 Å². The summed E-state index contributed by atoms with van der Waals surface area (Å²) in [5.74, 6) is 0.857. The van der Waals surface area contributed by atoms with Gasteiger partial charge < -0.3 is 9.64 Å². The van der Waals surface area contributed by atoms with E-state index in [1.807, 2.05) is 4.90 Å². The molecule has 4 heteroatoms. The maximum atomic E-state index is 11.4. The molecule has 13 heavy (non-hydrogen) atoms. The van der Waals surface area contributed by atoms with E-state index >= 15 is 0 Å². The number of alkyl halides is 1. The number of hydrogen-bond donors (Lipinski definition) is 0. The van der Waals surface area contributed by atoms with Crippen LogP contribution in [-0.4, -0.2) is 41.9 Å². The predicted octanol–water partition coefficient (Wildman–Crippen LogP) is 1.02. The Morgan fingerprint density at radius 3 is 3.00 bits per heavy atom. The second-order valence-electron chi connectivity index (χ2n) is 3.83. The number of carbonyl (C=O) groups excluding carboxylic acids is 1. The zero-order chi connectivity index (χ0) is 9.26. The van der Waals surface area contributed by atoms with E-state index in [-0.39, 0.29) is 5.91 Å². The van der Waals surface area contributed by atoms with Crippen LogP contribution in [0.25, 0.3) is 0 Å². The van der Waals surface area contributed by atoms with Crippen molar-refractivity contribution in [2.75, 3.05) is 26.3 Å². The quantitative estimate of drug-likeness (QED) is 0.683. The van der Waals surface area contributed by atoms with E-state index in [4.69, 9.17) is 4.74 Å². The molecule has 2 unspecified atom stereocenters. The fourth-order valence-corrected chi connectivity index (χ4v) is 2.57. The van der Waals surface area contributed by atoms with Crippen LogP contribution in [0.3, 0.4) is 0 Å². The average molecular weight is 248 g/mol. The Bertz CT molecular complexity index is 204. The molecule has 74 valence electrons. The first-order chi connectivity index (χ1) is 6.25. The fourth-order valence-electron chi connectivity index (χ4n) is 1.94. The van der Waals surface area contributed by atoms with E-state index in [1.54, 1.807) is 0 Å². The second kappa shape index (κ2) is 3.96. The van der Waals surface area contributed by atoms with Gasteiger partial charge in [-0.2, -0.15) is 0 Å². The third kappa shape index (κ3) is 2.23. The predicted molar refractivity (Wildman–Crippen MR) is 52.8 cm³/mol. The van der Waals surface area contributed by atoms with Gasteiger partial charge in [0.1, 0.15) is 0 Å². The Balaban J connectivity index is 1.83. The highest BCUT2D eigenvalue weighted by molar-refractivity contribution is 9.09. The number of carbonyl (C=O) groups is 1. The maximum Gasteiger partial charge on any atom is 0.223 e. The van der Waals surface area contributed by atoms with Gasteiger partial charge in [0.05, 0.1) is 6.61 Å². The first-order valence-corrected chi connectivity index (χ1v) is 5.67. The number of halogens is 1. The molecule has 2 aliphatic rings. The molecule has 2 saturated heterocycles. The molecule has 1 amide bonds. The summed E-state index contributed by atoms with van der Waals surface area (Å²) in [4.78, 5) is 13.7. The van der Waals surface area contributed by atoms with Crippen molar-refractivity contribution in [3.8, 4) is 0 Å². The van der Waals surface area contributed by atoms with E-state index in [0.29, 0.717) is 17.2 Å². The van der Waals surface area contributed by atoms with Crippen molar-refractivity contribution in [3.63, 3.8) is 0 Å². The van der Waals surface area contributed by atoms with Crippen LogP contribution >= 0.6 is 15.9 Å². The van der Waals surface area contributed by atoms with E-state index in [1.165, 1.54) is 0 Å². The lowest BCUT2D eigenvalue weighted by Crippen LogP contribution is -2.31. The zero-order valence-corrected chi connectivity index (χ0v) is 9.13. The van der Waals surface area contributed by atoms with E-state index in [0.717, 1.165) is 32.7 Å². The number of likely N-dealkylation sites (tertiary alicyclic amines) is 1. The largest absolute Gasteiger partial charge is 0.381 e. The molecular weight excluding hydrogens is 234 g/mol. The maximum absolute atomic E-state index is 11.4. The Morgan fingerprint density at radius 2 is 2.46 bits per heavy atom. The smallest absolute Gasteiger partial charge is 0.223 e. The van der Waals surface area contributed by atoms with Crippen molar-refractivity contribution >= 4 is 21.8 Å². The van der Waals surface area contributed by atoms with Gasteiger partial charge in [-0.25, -0.2) is 0 Å². The minimum Gasteiger partial charge on any atom is -0.381 e. The Kier molecular flexibility index (Phi) is 2.89. The van der Waals surface area contributed by atoms with Gasteiger partial charge in [-0.05, 0) is 6.42 Å². The summed E-state index contributed by atoms with van der Waals surface area (Å²) in [5.41, 5.74) is 0. The molecule has 2 rings (SSSR count). The van der Waals surface area contributed by atoms with Gasteiger partial charge in [-0.15, -0.1) is 0 Å². The van der Waals surface area contributed by atoms with Crippen LogP contribution in [0.5, 0.6) is 0 Å². The van der Waals surface area contributed by atoms with Crippen molar-refractivity contribution in [3.05, 3.63) is 0 Å². The number of rotatable bonds is 2. The third-order valence-electron chi connectivity index (χ3n) is 2.67. The van der Waals surface area contributed by atoms with Crippen molar-refractivity contribution in [1.29, 1.82) is 0 Å². The lowest BCUT2D eigenvalue weighted by atomic mass is 10.1. The lowest BCUT2D eigenvalue weighted by molar-refractivity contribution is -0.128. The topological polar surface area (TPSA) is 29.5 Å². The summed E-state index contributed by atoms with van der Waals surface area (Å²) < 4.78 is 5.28. The number of nitrogens with zero attached hydrogens (tertiary/aromatic N) is 1. The summed E-state index contributed by atoms with van der Waals surface area (Å²) in [7, 11) is 0. The molecule has 2 heterocycles. The molecule has 2 atom stereocenters. The summed E-state index contributed by atoms with van der Waals surface area (Å²) in [6, 6.07) is 0. The van der Waals surface area contributed by atoms with Crippen molar-refractivity contribution in [1.82, 2.24) is 4.90 Å². The van der Waals surface area contributed by atoms with Crippen LogP contribution in [0.15, 0.2) is 0 Å². The van der Waals surface area contributed by atoms with E-state index in [9.17, 15) is 4.79 Å². The normalized spacial score (nSPS) is 34.5. The molecule has 2 aliphatic heterocycles. The second-order valence-corrected chi connectivity index (χ2v) is 5.12. The Hall–Kier alpha value is -0.0900. The average Bonchev–Trinajstić information content (AvgIpc) is 2.63. The van der Waals surface area contributed by atoms with Crippen LogP contribution < -0.4 is 0 Å². The molecule has 2 fully saturated rings. The molecule has 0 N–H and O–H groups in total. The molecule has 0 aromatic carbocycles. The van der Waals surface area contributed by atoms with Crippen LogP contribution in [-0.2, 0) is 9.53 Å². The highest BCUT2D eigenvalue weighted by atomic mass is 79.9. The third-order valence-corrected chi connectivity index (χ3v) is 3.28. The molecule has 3 nitrogen and oxygen atoms in total. The van der Waals surface area contributed by atoms with Gasteiger partial charge in [0, 0.05) is 36.9 Å². The summed E-state index contributed by atoms with van der Waals surface area (Å²) >= 11 is 3.47. The number of amides is 1. The summed E-state index contributed by atoms with van der Waals surface area (Å²) in [5, 5.41) is 0. The highest BCUT2D eigenvalue weighted by Crippen LogP contribution is 2.21. The van der Waals surface area contributed by atoms with Gasteiger partial charge in [-0.1, -0.05) is 15.9 Å². The zero-order valence-electron chi connectivity index (χ0n) is 7.54. The fraction of sp³-hybridized carbons (Fsp3) is 0.889. The van der Waals surface area contributed by atoms with Crippen LogP contribution in [0.1, 0.15) is 12.8 Å². The summed E-state index contributed by atoms with van der Waals surface area (Å²) in [6.45, 7) is 3.46. The van der Waals surface area contributed by atoms with Crippen LogP contribution in [0.4, 0.5) is 0 Å². The number of ether oxygens (including phenoxy) is 1. The monoisotopic (exact) mass is 247 g/mol. The molecule has 0 aromatic heterocycles. The highest BCUT2D eigenvalue weighted by Gasteiger charge is 2.30. The minimum atomic E-state index is 0.286. The molecule has 0 aromatic rings. The molecule has 0 spiro atoms. The molecule has 0 aliphatic carbocycles. The van der Waals surface area contributed by atoms with Gasteiger partial charge >= 0.3 is 0 Å². The Morgan fingerprint density at radius 1 is 1.62 bits per heavy atom. The van der Waals surface area contributed by atoms with Gasteiger partial charge in [0.2, 0.25) is 5.91 Å². The summed E-state index contributed by atoms with van der Waals surface area (Å²) in [6.07, 6.45) is 1.77. The van der Waals surface area contributed by atoms with Crippen molar-refractivity contribution in [2.24, 2.45) is 5.92 Å². The number of hydrogen-bond acceptors (Lipinski definition) is 2. The first-order valence-electron chi connectivity index (χ1n) is 4.75. The first kappa shape index (κ1) is 9.46. The van der Waals surface area contributed by atoms with Crippen LogP contribution in [0, 0.1) is 5.92 Å². The SMILES string of the molecule is O=C1CC(Br)CN1CC1CCOC1. The van der Waals surface area contributed by atoms with Crippen LogP contribution in [0.2, 0.25) is 0 Å². The minimum absolute atomic E-state index is 0.286. The van der Waals surface area contributed by atoms with E-state index in [2.05, 4.69) is 15.9 Å². The van der Waals surface area contributed by atoms with Crippen molar-refractivity contribution < 1.29 is 9.53 Å². The lowest BCUT2D eigenvalue weighted by Gasteiger charge is -2.19. The van der Waals surface area contributed by atoms with E-state index < -0.39 is 0 Å². The van der Waals surface area contributed by atoms with Gasteiger partial charge in [-0.3, -0.25) is 4.79 Å². The molecule has 0 radical (unpaired) electrons. The van der Waals surface area contributed by atoms with Gasteiger partial charge in [0.25, 0.3) is 0 Å². The molecular formula is C9H14BrNO2.